The number of aryl methyl sites for hydroxylation is 1. The van der Waals surface area contributed by atoms with E-state index in [0.717, 1.165) is 44.8 Å². The number of benzene rings is 1. The van der Waals surface area contributed by atoms with Crippen LogP contribution in [0.5, 0.6) is 0 Å². The molecule has 0 N–H and O–H groups in total. The van der Waals surface area contributed by atoms with Crippen molar-refractivity contribution in [2.45, 2.75) is 13.0 Å². The van der Waals surface area contributed by atoms with Crippen molar-refractivity contribution in [1.82, 2.24) is 14.5 Å². The number of ether oxygens (including phenoxy) is 1. The molecule has 1 saturated heterocycles. The molecule has 1 fully saturated rings. The predicted molar refractivity (Wildman–Crippen MR) is 82.9 cm³/mol. The molecule has 1 atom stereocenters. The highest BCUT2D eigenvalue weighted by atomic mass is 19.1. The quantitative estimate of drug-likeness (QED) is 0.868. The number of hydrogen-bond donors (Lipinski definition) is 0. The van der Waals surface area contributed by atoms with Gasteiger partial charge in [-0.3, -0.25) is 4.90 Å². The molecule has 0 saturated carbocycles. The maximum atomic E-state index is 13.3. The summed E-state index contributed by atoms with van der Waals surface area (Å²) in [5, 5.41) is 0. The fraction of sp³-hybridized carbons (Fsp3) is 0.471. The number of nitrogens with zero attached hydrogens (tertiary/aromatic N) is 3. The van der Waals surface area contributed by atoms with Crippen molar-refractivity contribution in [3.05, 3.63) is 53.9 Å². The van der Waals surface area contributed by atoms with Crippen molar-refractivity contribution in [1.29, 1.82) is 0 Å². The lowest BCUT2D eigenvalue weighted by Crippen LogP contribution is -2.31. The van der Waals surface area contributed by atoms with Crippen molar-refractivity contribution in [3.63, 3.8) is 0 Å². The molecule has 0 spiro atoms. The Kier molecular flexibility index (Phi) is 4.85. The second-order valence-electron chi connectivity index (χ2n) is 6.01. The summed E-state index contributed by atoms with van der Waals surface area (Å²) in [4.78, 5) is 6.57. The molecule has 0 aliphatic carbocycles. The summed E-state index contributed by atoms with van der Waals surface area (Å²) < 4.78 is 21.1. The molecular formula is C17H22FN3O. The maximum absolute atomic E-state index is 13.3. The molecule has 0 bridgehead atoms. The van der Waals surface area contributed by atoms with Crippen LogP contribution in [0.1, 0.15) is 11.3 Å². The topological polar surface area (TPSA) is 30.3 Å². The molecule has 1 aromatic heterocycles. The molecule has 118 valence electrons. The minimum atomic E-state index is -0.168. The summed E-state index contributed by atoms with van der Waals surface area (Å²) in [6.07, 6.45) is 4.58. The van der Waals surface area contributed by atoms with Crippen LogP contribution in [0.3, 0.4) is 0 Å². The zero-order valence-electron chi connectivity index (χ0n) is 12.9. The normalized spacial score (nSPS) is 20.0. The van der Waals surface area contributed by atoms with E-state index in [9.17, 15) is 4.39 Å². The van der Waals surface area contributed by atoms with Crippen molar-refractivity contribution < 1.29 is 9.13 Å². The Balaban J connectivity index is 1.63. The fourth-order valence-corrected chi connectivity index (χ4v) is 2.98. The summed E-state index contributed by atoms with van der Waals surface area (Å²) in [5.41, 5.74) is 2.24. The molecule has 0 unspecified atom stereocenters. The van der Waals surface area contributed by atoms with Crippen LogP contribution in [-0.2, 0) is 24.8 Å². The molecule has 1 aromatic carbocycles. The smallest absolute Gasteiger partial charge is 0.123 e. The summed E-state index contributed by atoms with van der Waals surface area (Å²) >= 11 is 0. The summed E-state index contributed by atoms with van der Waals surface area (Å²) in [6.45, 7) is 4.24. The Morgan fingerprint density at radius 1 is 1.41 bits per heavy atom. The van der Waals surface area contributed by atoms with Gasteiger partial charge in [-0.15, -0.1) is 0 Å². The lowest BCUT2D eigenvalue weighted by Gasteiger charge is -2.23. The average Bonchev–Trinajstić information content (AvgIpc) is 2.76. The monoisotopic (exact) mass is 303 g/mol. The van der Waals surface area contributed by atoms with E-state index in [1.54, 1.807) is 12.1 Å². The van der Waals surface area contributed by atoms with Crippen LogP contribution in [0.25, 0.3) is 0 Å². The lowest BCUT2D eigenvalue weighted by atomic mass is 9.99. The standard InChI is InChI=1S/C17H22FN3O/c1-20-13-19-9-17(20)11-21-5-6-22-12-15(10-21)7-14-3-2-4-16(18)8-14/h2-4,8-9,13,15H,5-7,10-12H2,1H3/t15-/m0/s1. The van der Waals surface area contributed by atoms with Crippen molar-refractivity contribution in [3.8, 4) is 0 Å². The van der Waals surface area contributed by atoms with E-state index in [2.05, 4.69) is 9.88 Å². The van der Waals surface area contributed by atoms with Crippen LogP contribution >= 0.6 is 0 Å². The van der Waals surface area contributed by atoms with Crippen LogP contribution in [-0.4, -0.2) is 40.8 Å². The second-order valence-corrected chi connectivity index (χ2v) is 6.01. The first-order chi connectivity index (χ1) is 10.7. The van der Waals surface area contributed by atoms with E-state index < -0.39 is 0 Å². The van der Waals surface area contributed by atoms with Gasteiger partial charge in [0.15, 0.2) is 0 Å². The molecule has 0 amide bonds. The van der Waals surface area contributed by atoms with Gasteiger partial charge in [-0.1, -0.05) is 12.1 Å². The minimum Gasteiger partial charge on any atom is -0.380 e. The molecular weight excluding hydrogens is 281 g/mol. The van der Waals surface area contributed by atoms with E-state index in [0.29, 0.717) is 5.92 Å². The van der Waals surface area contributed by atoms with Crippen molar-refractivity contribution in [2.24, 2.45) is 13.0 Å². The Bertz CT molecular complexity index is 613. The van der Waals surface area contributed by atoms with E-state index in [4.69, 9.17) is 4.74 Å². The molecule has 4 nitrogen and oxygen atoms in total. The lowest BCUT2D eigenvalue weighted by molar-refractivity contribution is 0.121. The first-order valence-corrected chi connectivity index (χ1v) is 7.70. The third-order valence-corrected chi connectivity index (χ3v) is 4.14. The van der Waals surface area contributed by atoms with E-state index in [1.807, 2.05) is 30.2 Å². The zero-order chi connectivity index (χ0) is 15.4. The Morgan fingerprint density at radius 3 is 3.09 bits per heavy atom. The van der Waals surface area contributed by atoms with Gasteiger partial charge in [-0.05, 0) is 30.0 Å². The van der Waals surface area contributed by atoms with Crippen LogP contribution < -0.4 is 0 Å². The maximum Gasteiger partial charge on any atom is 0.123 e. The van der Waals surface area contributed by atoms with Gasteiger partial charge < -0.3 is 9.30 Å². The van der Waals surface area contributed by atoms with E-state index >= 15 is 0 Å². The highest BCUT2D eigenvalue weighted by Crippen LogP contribution is 2.16. The van der Waals surface area contributed by atoms with Crippen molar-refractivity contribution >= 4 is 0 Å². The van der Waals surface area contributed by atoms with Crippen LogP contribution in [0.2, 0.25) is 0 Å². The number of hydrogen-bond acceptors (Lipinski definition) is 3. The predicted octanol–water partition coefficient (Wildman–Crippen LogP) is 2.25. The van der Waals surface area contributed by atoms with Crippen LogP contribution in [0.4, 0.5) is 4.39 Å². The van der Waals surface area contributed by atoms with Gasteiger partial charge in [0.05, 0.1) is 25.2 Å². The zero-order valence-corrected chi connectivity index (χ0v) is 12.9. The van der Waals surface area contributed by atoms with Gasteiger partial charge in [0.1, 0.15) is 5.82 Å². The van der Waals surface area contributed by atoms with Crippen molar-refractivity contribution in [2.75, 3.05) is 26.3 Å². The third-order valence-electron chi connectivity index (χ3n) is 4.14. The van der Waals surface area contributed by atoms with Gasteiger partial charge in [0.2, 0.25) is 0 Å². The second kappa shape index (κ2) is 7.03. The highest BCUT2D eigenvalue weighted by Gasteiger charge is 2.20. The third kappa shape index (κ3) is 3.93. The highest BCUT2D eigenvalue weighted by molar-refractivity contribution is 5.17. The number of imidazole rings is 1. The molecule has 2 heterocycles. The molecule has 2 aromatic rings. The molecule has 0 radical (unpaired) electrons. The summed E-state index contributed by atoms with van der Waals surface area (Å²) in [6, 6.07) is 6.87. The van der Waals surface area contributed by atoms with Gasteiger partial charge in [0.25, 0.3) is 0 Å². The molecule has 3 rings (SSSR count). The molecule has 5 heteroatoms. The molecule has 22 heavy (non-hydrogen) atoms. The summed E-state index contributed by atoms with van der Waals surface area (Å²) in [7, 11) is 2.01. The Hall–Kier alpha value is -1.72. The SMILES string of the molecule is Cn1cncc1CN1CCOC[C@@H](Cc2cccc(F)c2)C1. The van der Waals surface area contributed by atoms with Gasteiger partial charge in [-0.2, -0.15) is 0 Å². The first kappa shape index (κ1) is 15.2. The van der Waals surface area contributed by atoms with Gasteiger partial charge in [0, 0.05) is 32.9 Å². The molecule has 1 aliphatic rings. The Morgan fingerprint density at radius 2 is 2.32 bits per heavy atom. The van der Waals surface area contributed by atoms with Gasteiger partial charge in [-0.25, -0.2) is 9.37 Å². The first-order valence-electron chi connectivity index (χ1n) is 7.70. The average molecular weight is 303 g/mol. The van der Waals surface area contributed by atoms with Gasteiger partial charge >= 0.3 is 0 Å². The number of aromatic nitrogens is 2. The number of halogens is 1. The van der Waals surface area contributed by atoms with Crippen LogP contribution in [0.15, 0.2) is 36.8 Å². The minimum absolute atomic E-state index is 0.168. The fourth-order valence-electron chi connectivity index (χ4n) is 2.98. The number of rotatable bonds is 4. The Labute approximate surface area is 130 Å². The summed E-state index contributed by atoms with van der Waals surface area (Å²) in [5.74, 6) is 0.219. The van der Waals surface area contributed by atoms with E-state index in [-0.39, 0.29) is 5.82 Å². The molecule has 1 aliphatic heterocycles. The largest absolute Gasteiger partial charge is 0.380 e. The van der Waals surface area contributed by atoms with Crippen LogP contribution in [0, 0.1) is 11.7 Å². The van der Waals surface area contributed by atoms with E-state index in [1.165, 1.54) is 11.8 Å².